The first-order chi connectivity index (χ1) is 8.31. The molecule has 3 nitrogen and oxygen atoms in total. The third kappa shape index (κ3) is 2.69. The third-order valence-corrected chi connectivity index (χ3v) is 2.57. The molecule has 0 bridgehead atoms. The van der Waals surface area contributed by atoms with Gasteiger partial charge in [0.15, 0.2) is 0 Å². The fourth-order valence-corrected chi connectivity index (χ4v) is 1.64. The van der Waals surface area contributed by atoms with Crippen LogP contribution in [0.4, 0.5) is 5.69 Å². The number of hydrogen-bond donors (Lipinski definition) is 2. The average molecular weight is 229 g/mol. The van der Waals surface area contributed by atoms with Crippen LogP contribution in [0.5, 0.6) is 11.5 Å². The van der Waals surface area contributed by atoms with Crippen molar-refractivity contribution in [3.05, 3.63) is 54.1 Å². The lowest BCUT2D eigenvalue weighted by Crippen LogP contribution is -2.01. The monoisotopic (exact) mass is 229 g/mol. The Morgan fingerprint density at radius 2 is 1.76 bits per heavy atom. The molecule has 88 valence electrons. The van der Waals surface area contributed by atoms with E-state index in [9.17, 15) is 5.11 Å². The van der Waals surface area contributed by atoms with E-state index >= 15 is 0 Å². The summed E-state index contributed by atoms with van der Waals surface area (Å²) in [4.78, 5) is 0. The van der Waals surface area contributed by atoms with Gasteiger partial charge < -0.3 is 15.2 Å². The zero-order chi connectivity index (χ0) is 12.1. The first kappa shape index (κ1) is 11.3. The quantitative estimate of drug-likeness (QED) is 0.846. The second-order valence-corrected chi connectivity index (χ2v) is 3.68. The topological polar surface area (TPSA) is 41.5 Å². The van der Waals surface area contributed by atoms with E-state index < -0.39 is 0 Å². The molecule has 0 saturated heterocycles. The lowest BCUT2D eigenvalue weighted by atomic mass is 10.2. The van der Waals surface area contributed by atoms with Gasteiger partial charge in [-0.1, -0.05) is 30.3 Å². The van der Waals surface area contributed by atoms with Crippen LogP contribution in [-0.2, 0) is 6.54 Å². The number of hydrogen-bond acceptors (Lipinski definition) is 3. The molecule has 2 rings (SSSR count). The van der Waals surface area contributed by atoms with Crippen molar-refractivity contribution in [3.63, 3.8) is 0 Å². The van der Waals surface area contributed by atoms with Gasteiger partial charge in [0.2, 0.25) is 0 Å². The van der Waals surface area contributed by atoms with Crippen LogP contribution < -0.4 is 10.1 Å². The molecule has 0 aromatic heterocycles. The molecule has 0 fully saturated rings. The Balaban J connectivity index is 2.10. The van der Waals surface area contributed by atoms with Gasteiger partial charge in [-0.15, -0.1) is 0 Å². The Morgan fingerprint density at radius 3 is 2.53 bits per heavy atom. The molecule has 0 spiro atoms. The number of ether oxygens (including phenoxy) is 1. The van der Waals surface area contributed by atoms with E-state index in [1.165, 1.54) is 0 Å². The molecule has 2 N–H and O–H groups in total. The number of benzene rings is 2. The number of para-hydroxylation sites is 3. The number of anilines is 1. The van der Waals surface area contributed by atoms with Crippen LogP contribution in [0.3, 0.4) is 0 Å². The Morgan fingerprint density at radius 1 is 1.06 bits per heavy atom. The minimum Gasteiger partial charge on any atom is -0.508 e. The Labute approximate surface area is 101 Å². The van der Waals surface area contributed by atoms with Gasteiger partial charge in [-0.3, -0.25) is 0 Å². The summed E-state index contributed by atoms with van der Waals surface area (Å²) in [7, 11) is 1.64. The Hall–Kier alpha value is -2.16. The average Bonchev–Trinajstić information content (AvgIpc) is 2.38. The molecule has 0 amide bonds. The van der Waals surface area contributed by atoms with E-state index in [0.29, 0.717) is 12.3 Å². The van der Waals surface area contributed by atoms with Crippen molar-refractivity contribution < 1.29 is 9.84 Å². The number of phenols is 1. The summed E-state index contributed by atoms with van der Waals surface area (Å²) in [5.74, 6) is 1.10. The standard InChI is InChI=1S/C14H15NO2/c1-17-14-9-5-3-7-12(14)15-10-11-6-2-4-8-13(11)16/h2-9,15-16H,10H2,1H3. The Kier molecular flexibility index (Phi) is 3.50. The van der Waals surface area contributed by atoms with Gasteiger partial charge >= 0.3 is 0 Å². The van der Waals surface area contributed by atoms with E-state index in [0.717, 1.165) is 17.0 Å². The van der Waals surface area contributed by atoms with Crippen molar-refractivity contribution in [1.29, 1.82) is 0 Å². The van der Waals surface area contributed by atoms with Crippen LogP contribution in [0.15, 0.2) is 48.5 Å². The summed E-state index contributed by atoms with van der Waals surface area (Å²) < 4.78 is 5.24. The van der Waals surface area contributed by atoms with Crippen LogP contribution in [-0.4, -0.2) is 12.2 Å². The van der Waals surface area contributed by atoms with Crippen LogP contribution >= 0.6 is 0 Å². The maximum atomic E-state index is 9.64. The van der Waals surface area contributed by atoms with Gasteiger partial charge in [0.25, 0.3) is 0 Å². The van der Waals surface area contributed by atoms with Crippen molar-refractivity contribution in [1.82, 2.24) is 0 Å². The van der Waals surface area contributed by atoms with Gasteiger partial charge in [0.1, 0.15) is 11.5 Å². The van der Waals surface area contributed by atoms with E-state index in [2.05, 4.69) is 5.32 Å². The second kappa shape index (κ2) is 5.25. The molecule has 0 unspecified atom stereocenters. The molecule has 3 heteroatoms. The summed E-state index contributed by atoms with van der Waals surface area (Å²) in [5.41, 5.74) is 1.77. The van der Waals surface area contributed by atoms with Gasteiger partial charge in [0, 0.05) is 12.1 Å². The maximum Gasteiger partial charge on any atom is 0.141 e. The highest BCUT2D eigenvalue weighted by Crippen LogP contribution is 2.25. The second-order valence-electron chi connectivity index (χ2n) is 3.68. The first-order valence-electron chi connectivity index (χ1n) is 5.45. The number of aromatic hydroxyl groups is 1. The summed E-state index contributed by atoms with van der Waals surface area (Å²) in [6, 6.07) is 15.0. The minimum atomic E-state index is 0.301. The van der Waals surface area contributed by atoms with E-state index in [-0.39, 0.29) is 0 Å². The van der Waals surface area contributed by atoms with Gasteiger partial charge in [0.05, 0.1) is 12.8 Å². The van der Waals surface area contributed by atoms with E-state index in [1.807, 2.05) is 42.5 Å². The normalized spacial score (nSPS) is 9.94. The highest BCUT2D eigenvalue weighted by atomic mass is 16.5. The van der Waals surface area contributed by atoms with Crippen LogP contribution in [0.1, 0.15) is 5.56 Å². The molecular weight excluding hydrogens is 214 g/mol. The lowest BCUT2D eigenvalue weighted by molar-refractivity contribution is 0.416. The zero-order valence-electron chi connectivity index (χ0n) is 9.68. The fourth-order valence-electron chi connectivity index (χ4n) is 1.64. The number of phenolic OH excluding ortho intramolecular Hbond substituents is 1. The van der Waals surface area contributed by atoms with Gasteiger partial charge in [-0.2, -0.15) is 0 Å². The van der Waals surface area contributed by atoms with Gasteiger partial charge in [-0.25, -0.2) is 0 Å². The zero-order valence-corrected chi connectivity index (χ0v) is 9.68. The first-order valence-corrected chi connectivity index (χ1v) is 5.45. The number of rotatable bonds is 4. The van der Waals surface area contributed by atoms with Crippen molar-refractivity contribution in [2.45, 2.75) is 6.54 Å². The minimum absolute atomic E-state index is 0.301. The number of methoxy groups -OCH3 is 1. The van der Waals surface area contributed by atoms with Crippen molar-refractivity contribution in [3.8, 4) is 11.5 Å². The molecule has 0 atom stereocenters. The molecule has 17 heavy (non-hydrogen) atoms. The van der Waals surface area contributed by atoms with Crippen molar-refractivity contribution in [2.75, 3.05) is 12.4 Å². The van der Waals surface area contributed by atoms with Crippen LogP contribution in [0.2, 0.25) is 0 Å². The molecule has 0 radical (unpaired) electrons. The van der Waals surface area contributed by atoms with Crippen molar-refractivity contribution in [2.24, 2.45) is 0 Å². The highest BCUT2D eigenvalue weighted by Gasteiger charge is 2.02. The van der Waals surface area contributed by atoms with E-state index in [1.54, 1.807) is 13.2 Å². The van der Waals surface area contributed by atoms with Crippen molar-refractivity contribution >= 4 is 5.69 Å². The summed E-state index contributed by atoms with van der Waals surface area (Å²) >= 11 is 0. The molecule has 0 aliphatic carbocycles. The highest BCUT2D eigenvalue weighted by molar-refractivity contribution is 5.56. The largest absolute Gasteiger partial charge is 0.508 e. The molecule has 0 heterocycles. The molecule has 0 aliphatic heterocycles. The summed E-state index contributed by atoms with van der Waals surface area (Å²) in [5, 5.41) is 12.9. The van der Waals surface area contributed by atoms with Crippen LogP contribution in [0.25, 0.3) is 0 Å². The van der Waals surface area contributed by atoms with E-state index in [4.69, 9.17) is 4.74 Å². The summed E-state index contributed by atoms with van der Waals surface area (Å²) in [6.07, 6.45) is 0. The predicted molar refractivity (Wildman–Crippen MR) is 68.4 cm³/mol. The molecule has 2 aromatic carbocycles. The molecule has 0 aliphatic rings. The SMILES string of the molecule is COc1ccccc1NCc1ccccc1O. The maximum absolute atomic E-state index is 9.64. The molecule has 2 aromatic rings. The lowest BCUT2D eigenvalue weighted by Gasteiger charge is -2.11. The summed E-state index contributed by atoms with van der Waals surface area (Å²) in [6.45, 7) is 0.563. The number of nitrogens with one attached hydrogen (secondary N) is 1. The molecular formula is C14H15NO2. The fraction of sp³-hybridized carbons (Fsp3) is 0.143. The third-order valence-electron chi connectivity index (χ3n) is 2.57. The predicted octanol–water partition coefficient (Wildman–Crippen LogP) is 3.01. The smallest absolute Gasteiger partial charge is 0.141 e. The Bertz CT molecular complexity index is 497. The van der Waals surface area contributed by atoms with Crippen LogP contribution in [0, 0.1) is 0 Å². The molecule has 0 saturated carbocycles. The van der Waals surface area contributed by atoms with Gasteiger partial charge in [-0.05, 0) is 18.2 Å².